The molecule has 6 heteroatoms. The number of amides is 1. The van der Waals surface area contributed by atoms with Crippen LogP contribution < -0.4 is 16.8 Å². The molecule has 0 aliphatic rings. The monoisotopic (exact) mass is 398 g/mol. The number of hydrogen-bond donors (Lipinski definition) is 4. The molecule has 0 spiro atoms. The van der Waals surface area contributed by atoms with E-state index in [-0.39, 0.29) is 17.8 Å². The Hall–Kier alpha value is -2.70. The van der Waals surface area contributed by atoms with Crippen LogP contribution in [0.1, 0.15) is 42.7 Å². The van der Waals surface area contributed by atoms with Crippen LogP contribution in [0.2, 0.25) is 0 Å². The summed E-state index contributed by atoms with van der Waals surface area (Å²) in [5.74, 6) is -0.436. The van der Waals surface area contributed by atoms with Gasteiger partial charge in [-0.2, -0.15) is 0 Å². The van der Waals surface area contributed by atoms with Crippen LogP contribution in [0, 0.1) is 12.7 Å². The molecular weight excluding hydrogens is 367 g/mol. The minimum Gasteiger partial charge on any atom is -0.350 e. The normalized spacial score (nSPS) is 11.7. The maximum atomic E-state index is 13.1. The van der Waals surface area contributed by atoms with Gasteiger partial charge in [-0.25, -0.2) is 4.39 Å². The number of halogens is 1. The second kappa shape index (κ2) is 10.7. The molecule has 1 unspecified atom stereocenters. The zero-order valence-corrected chi connectivity index (χ0v) is 17.4. The maximum Gasteiger partial charge on any atom is 0.268 e. The van der Waals surface area contributed by atoms with Crippen molar-refractivity contribution in [2.24, 2.45) is 11.5 Å². The molecule has 0 saturated heterocycles. The highest BCUT2D eigenvalue weighted by molar-refractivity contribution is 6.01. The molecule has 1 amide bonds. The zero-order chi connectivity index (χ0) is 21.4. The smallest absolute Gasteiger partial charge is 0.268 e. The Morgan fingerprint density at radius 1 is 1.14 bits per heavy atom. The van der Waals surface area contributed by atoms with Crippen molar-refractivity contribution in [3.8, 4) is 11.1 Å². The molecule has 3 aromatic rings. The average molecular weight is 399 g/mol. The molecule has 5 nitrogen and oxygen atoms in total. The number of rotatable bonds is 7. The van der Waals surface area contributed by atoms with E-state index in [9.17, 15) is 9.18 Å². The molecule has 1 aromatic heterocycles. The summed E-state index contributed by atoms with van der Waals surface area (Å²) in [5, 5.41) is 3.87. The van der Waals surface area contributed by atoms with Gasteiger partial charge < -0.3 is 21.8 Å². The predicted molar refractivity (Wildman–Crippen MR) is 118 cm³/mol. The highest BCUT2D eigenvalue weighted by Crippen LogP contribution is 2.27. The first kappa shape index (κ1) is 22.6. The number of aromatic amines is 1. The molecule has 3 rings (SSSR count). The fourth-order valence-electron chi connectivity index (χ4n) is 3.18. The number of benzene rings is 2. The molecule has 1 heterocycles. The highest BCUT2D eigenvalue weighted by atomic mass is 19.1. The van der Waals surface area contributed by atoms with Crippen molar-refractivity contribution in [2.45, 2.75) is 39.7 Å². The molecule has 0 bridgehead atoms. The third-order valence-corrected chi connectivity index (χ3v) is 4.77. The van der Waals surface area contributed by atoms with Gasteiger partial charge in [0.25, 0.3) is 5.91 Å². The summed E-state index contributed by atoms with van der Waals surface area (Å²) in [4.78, 5) is 15.7. The first-order valence-electron chi connectivity index (χ1n) is 10.1. The quantitative estimate of drug-likeness (QED) is 0.482. The van der Waals surface area contributed by atoms with Crippen molar-refractivity contribution in [2.75, 3.05) is 13.1 Å². The number of carbonyl (C=O) groups is 1. The summed E-state index contributed by atoms with van der Waals surface area (Å²) >= 11 is 0. The van der Waals surface area contributed by atoms with Gasteiger partial charge in [0, 0.05) is 23.5 Å². The Morgan fingerprint density at radius 3 is 2.45 bits per heavy atom. The second-order valence-electron chi connectivity index (χ2n) is 6.79. The number of aromatic nitrogens is 1. The first-order valence-corrected chi connectivity index (χ1v) is 10.1. The van der Waals surface area contributed by atoms with Crippen molar-refractivity contribution in [3.05, 3.63) is 59.5 Å². The molecule has 0 aliphatic carbocycles. The lowest BCUT2D eigenvalue weighted by Gasteiger charge is -2.12. The molecule has 0 aliphatic heterocycles. The Kier molecular flexibility index (Phi) is 8.36. The summed E-state index contributed by atoms with van der Waals surface area (Å²) in [7, 11) is 0. The minimum atomic E-state index is -0.265. The van der Waals surface area contributed by atoms with Crippen LogP contribution in [0.4, 0.5) is 4.39 Å². The van der Waals surface area contributed by atoms with E-state index >= 15 is 0 Å². The van der Waals surface area contributed by atoms with Crippen LogP contribution in [0.15, 0.2) is 42.5 Å². The first-order chi connectivity index (χ1) is 14.0. The maximum absolute atomic E-state index is 13.1. The Labute approximate surface area is 171 Å². The van der Waals surface area contributed by atoms with E-state index < -0.39 is 0 Å². The van der Waals surface area contributed by atoms with Gasteiger partial charge in [-0.05, 0) is 61.2 Å². The van der Waals surface area contributed by atoms with Crippen LogP contribution in [0.5, 0.6) is 0 Å². The van der Waals surface area contributed by atoms with Crippen LogP contribution in [0.25, 0.3) is 22.0 Å². The number of nitrogens with one attached hydrogen (secondary N) is 2. The number of nitrogens with two attached hydrogens (primary N) is 2. The third-order valence-electron chi connectivity index (χ3n) is 4.77. The third kappa shape index (κ3) is 5.65. The Bertz CT molecular complexity index is 934. The van der Waals surface area contributed by atoms with E-state index in [0.29, 0.717) is 18.8 Å². The molecule has 0 radical (unpaired) electrons. The lowest BCUT2D eigenvalue weighted by atomic mass is 10.0. The topological polar surface area (TPSA) is 96.9 Å². The van der Waals surface area contributed by atoms with Gasteiger partial charge >= 0.3 is 0 Å². The second-order valence-corrected chi connectivity index (χ2v) is 6.79. The number of H-pyrrole nitrogens is 1. The van der Waals surface area contributed by atoms with Crippen molar-refractivity contribution in [1.29, 1.82) is 0 Å². The van der Waals surface area contributed by atoms with Crippen molar-refractivity contribution in [3.63, 3.8) is 0 Å². The fraction of sp³-hybridized carbons (Fsp3) is 0.348. The van der Waals surface area contributed by atoms with Gasteiger partial charge in [0.2, 0.25) is 0 Å². The summed E-state index contributed by atoms with van der Waals surface area (Å²) < 4.78 is 13.1. The molecular formula is C23H31FN4O. The number of hydrogen-bond acceptors (Lipinski definition) is 3. The molecule has 156 valence electrons. The summed E-state index contributed by atoms with van der Waals surface area (Å²) in [5.41, 5.74) is 15.6. The summed E-state index contributed by atoms with van der Waals surface area (Å²) in [6.07, 6.45) is 1.62. The van der Waals surface area contributed by atoms with E-state index in [4.69, 9.17) is 11.5 Å². The van der Waals surface area contributed by atoms with Crippen LogP contribution >= 0.6 is 0 Å². The molecule has 0 saturated carbocycles. The van der Waals surface area contributed by atoms with Crippen LogP contribution in [-0.2, 0) is 0 Å². The van der Waals surface area contributed by atoms with E-state index in [1.54, 1.807) is 12.1 Å². The zero-order valence-electron chi connectivity index (χ0n) is 17.4. The molecule has 2 aromatic carbocycles. The largest absolute Gasteiger partial charge is 0.350 e. The van der Waals surface area contributed by atoms with E-state index in [1.807, 2.05) is 39.0 Å². The van der Waals surface area contributed by atoms with Gasteiger partial charge in [0.1, 0.15) is 11.5 Å². The average Bonchev–Trinajstić information content (AvgIpc) is 3.08. The van der Waals surface area contributed by atoms with Crippen molar-refractivity contribution < 1.29 is 9.18 Å². The van der Waals surface area contributed by atoms with Crippen molar-refractivity contribution in [1.82, 2.24) is 10.3 Å². The number of carbonyl (C=O) groups excluding carboxylic acids is 1. The van der Waals surface area contributed by atoms with Crippen LogP contribution in [-0.4, -0.2) is 30.0 Å². The Balaban J connectivity index is 0.00000145. The van der Waals surface area contributed by atoms with Gasteiger partial charge in [0.05, 0.1) is 0 Å². The number of fused-ring (bicyclic) bond motifs is 1. The lowest BCUT2D eigenvalue weighted by molar-refractivity contribution is 0.0946. The van der Waals surface area contributed by atoms with E-state index in [0.717, 1.165) is 40.4 Å². The van der Waals surface area contributed by atoms with Gasteiger partial charge in [0.15, 0.2) is 0 Å². The van der Waals surface area contributed by atoms with Gasteiger partial charge in [-0.3, -0.25) is 4.79 Å². The van der Waals surface area contributed by atoms with Gasteiger partial charge in [-0.1, -0.05) is 38.1 Å². The summed E-state index contributed by atoms with van der Waals surface area (Å²) in [6.45, 7) is 6.92. The molecule has 1 atom stereocenters. The summed E-state index contributed by atoms with van der Waals surface area (Å²) in [6, 6.07) is 12.2. The van der Waals surface area contributed by atoms with Crippen molar-refractivity contribution >= 4 is 16.8 Å². The van der Waals surface area contributed by atoms with Gasteiger partial charge in [-0.15, -0.1) is 0 Å². The standard InChI is InChI=1S/C21H25FN4O.C2H6/c1-13-18-9-6-15(14-4-7-16(22)8-5-14)11-19(18)26-20(13)21(27)25-12-17(24)3-2-10-23;1-2/h4-9,11,17,26H,2-3,10,12,23-24H2,1H3,(H,25,27);1-2H3. The minimum absolute atomic E-state index is 0.104. The molecule has 0 fully saturated rings. The lowest BCUT2D eigenvalue weighted by Crippen LogP contribution is -2.37. The highest BCUT2D eigenvalue weighted by Gasteiger charge is 2.16. The van der Waals surface area contributed by atoms with E-state index in [1.165, 1.54) is 12.1 Å². The fourth-order valence-corrected chi connectivity index (χ4v) is 3.18. The SMILES string of the molecule is CC.Cc1c(C(=O)NCC(N)CCCN)[nH]c2cc(-c3ccc(F)cc3)ccc12. The van der Waals surface area contributed by atoms with Crippen LogP contribution in [0.3, 0.4) is 0 Å². The number of aryl methyl sites for hydroxylation is 1. The Morgan fingerprint density at radius 2 is 1.79 bits per heavy atom. The molecule has 29 heavy (non-hydrogen) atoms. The predicted octanol–water partition coefficient (Wildman–Crippen LogP) is 4.10. The van der Waals surface area contributed by atoms with E-state index in [2.05, 4.69) is 10.3 Å². The molecule has 6 N–H and O–H groups in total.